The van der Waals surface area contributed by atoms with E-state index in [-0.39, 0.29) is 18.1 Å². The van der Waals surface area contributed by atoms with Crippen molar-refractivity contribution in [2.75, 3.05) is 7.11 Å². The summed E-state index contributed by atoms with van der Waals surface area (Å²) in [5.41, 5.74) is 2.48. The number of carbonyl (C=O) groups excluding carboxylic acids is 3. The Labute approximate surface area is 183 Å². The van der Waals surface area contributed by atoms with E-state index in [4.69, 9.17) is 14.2 Å². The fourth-order valence-electron chi connectivity index (χ4n) is 3.63. The molecule has 0 aromatic carbocycles. The molecule has 31 heavy (non-hydrogen) atoms. The lowest BCUT2D eigenvalue weighted by Gasteiger charge is -2.35. The zero-order chi connectivity index (χ0) is 23.5. The Bertz CT molecular complexity index is 834. The number of nitrogens with one attached hydrogen (secondary N) is 1. The van der Waals surface area contributed by atoms with Gasteiger partial charge in [-0.05, 0) is 53.0 Å². The van der Waals surface area contributed by atoms with Gasteiger partial charge in [-0.2, -0.15) is 0 Å². The second-order valence-electron chi connectivity index (χ2n) is 8.18. The number of allylic oxidation sites excluding steroid dienone is 4. The predicted octanol–water partition coefficient (Wildman–Crippen LogP) is 3.77. The molecule has 0 aromatic heterocycles. The average molecular weight is 433 g/mol. The van der Waals surface area contributed by atoms with E-state index in [0.29, 0.717) is 28.1 Å². The number of ether oxygens (including phenoxy) is 3. The van der Waals surface area contributed by atoms with Crippen molar-refractivity contribution in [3.63, 3.8) is 0 Å². The monoisotopic (exact) mass is 432 g/mol. The molecule has 8 heteroatoms. The minimum atomic E-state index is -0.745. The minimum Gasteiger partial charge on any atom is -0.460 e. The Kier molecular flexibility index (Phi) is 7.70. The van der Waals surface area contributed by atoms with Gasteiger partial charge in [-0.15, -0.1) is 0 Å². The summed E-state index contributed by atoms with van der Waals surface area (Å²) in [6.45, 7) is 12.5. The van der Waals surface area contributed by atoms with Gasteiger partial charge in [0.25, 0.3) is 0 Å². The summed E-state index contributed by atoms with van der Waals surface area (Å²) in [6, 6.07) is 0. The Balaban J connectivity index is 2.68. The third-order valence-corrected chi connectivity index (χ3v) is 4.95. The molecule has 1 N–H and O–H groups in total. The van der Waals surface area contributed by atoms with E-state index in [1.165, 1.54) is 12.0 Å². The van der Waals surface area contributed by atoms with Crippen LogP contribution in [0.25, 0.3) is 0 Å². The van der Waals surface area contributed by atoms with Crippen molar-refractivity contribution in [2.45, 2.75) is 60.7 Å². The van der Waals surface area contributed by atoms with Gasteiger partial charge in [0.1, 0.15) is 0 Å². The van der Waals surface area contributed by atoms with Crippen LogP contribution in [0.5, 0.6) is 0 Å². The zero-order valence-corrected chi connectivity index (χ0v) is 19.4. The molecule has 0 fully saturated rings. The highest BCUT2D eigenvalue weighted by Crippen LogP contribution is 2.41. The second-order valence-corrected chi connectivity index (χ2v) is 8.18. The molecule has 0 aromatic rings. The predicted molar refractivity (Wildman–Crippen MR) is 115 cm³/mol. The number of methoxy groups -OCH3 is 1. The van der Waals surface area contributed by atoms with Gasteiger partial charge in [0.2, 0.25) is 0 Å². The van der Waals surface area contributed by atoms with E-state index in [1.807, 2.05) is 13.0 Å². The maximum Gasteiger partial charge on any atom is 0.417 e. The first kappa shape index (κ1) is 24.2. The first-order chi connectivity index (χ1) is 14.5. The van der Waals surface area contributed by atoms with Crippen molar-refractivity contribution in [1.29, 1.82) is 0 Å². The lowest BCUT2D eigenvalue weighted by Crippen LogP contribution is -2.37. The van der Waals surface area contributed by atoms with Crippen LogP contribution in [0, 0.1) is 11.8 Å². The number of esters is 2. The highest BCUT2D eigenvalue weighted by atomic mass is 16.5. The van der Waals surface area contributed by atoms with Gasteiger partial charge in [0.15, 0.2) is 0 Å². The number of rotatable bonds is 5. The Morgan fingerprint density at radius 1 is 0.968 bits per heavy atom. The lowest BCUT2D eigenvalue weighted by molar-refractivity contribution is -0.144. The zero-order valence-electron chi connectivity index (χ0n) is 19.4. The third-order valence-electron chi connectivity index (χ3n) is 4.95. The first-order valence-electron chi connectivity index (χ1n) is 10.3. The molecule has 0 spiro atoms. The number of hydrogen-bond donors (Lipinski definition) is 1. The third kappa shape index (κ3) is 5.37. The van der Waals surface area contributed by atoms with Crippen molar-refractivity contribution in [3.05, 3.63) is 46.6 Å². The normalized spacial score (nSPS) is 19.5. The summed E-state index contributed by atoms with van der Waals surface area (Å²) in [5.74, 6) is -1.96. The summed E-state index contributed by atoms with van der Waals surface area (Å²) in [6.07, 6.45) is 3.78. The molecule has 1 amide bonds. The maximum absolute atomic E-state index is 13.1. The van der Waals surface area contributed by atoms with E-state index in [0.717, 1.165) is 0 Å². The molecule has 2 aliphatic heterocycles. The van der Waals surface area contributed by atoms with Crippen LogP contribution in [0.1, 0.15) is 48.5 Å². The molecule has 1 unspecified atom stereocenters. The molecule has 1 atom stereocenters. The van der Waals surface area contributed by atoms with Crippen LogP contribution < -0.4 is 5.32 Å². The summed E-state index contributed by atoms with van der Waals surface area (Å²) < 4.78 is 15.8. The fourth-order valence-corrected chi connectivity index (χ4v) is 3.63. The van der Waals surface area contributed by atoms with Gasteiger partial charge >= 0.3 is 18.0 Å². The van der Waals surface area contributed by atoms with Crippen LogP contribution in [-0.2, 0) is 23.8 Å². The highest BCUT2D eigenvalue weighted by molar-refractivity contribution is 5.99. The Morgan fingerprint density at radius 3 is 1.87 bits per heavy atom. The number of carbonyl (C=O) groups is 3. The van der Waals surface area contributed by atoms with E-state index >= 15 is 0 Å². The van der Waals surface area contributed by atoms with Gasteiger partial charge < -0.3 is 19.5 Å². The summed E-state index contributed by atoms with van der Waals surface area (Å²) in [7, 11) is 1.29. The van der Waals surface area contributed by atoms with Gasteiger partial charge in [-0.1, -0.05) is 13.0 Å². The number of nitrogens with zero attached hydrogens (tertiary/aromatic N) is 1. The van der Waals surface area contributed by atoms with Crippen LogP contribution in [0.4, 0.5) is 4.79 Å². The molecule has 0 aliphatic carbocycles. The van der Waals surface area contributed by atoms with Crippen LogP contribution >= 0.6 is 0 Å². The van der Waals surface area contributed by atoms with Crippen molar-refractivity contribution in [2.24, 2.45) is 11.8 Å². The van der Waals surface area contributed by atoms with E-state index < -0.39 is 23.9 Å². The minimum absolute atomic E-state index is 0.159. The molecule has 170 valence electrons. The number of dihydropyridines is 1. The number of hydrogen-bond acceptors (Lipinski definition) is 7. The summed E-state index contributed by atoms with van der Waals surface area (Å²) >= 11 is 0. The van der Waals surface area contributed by atoms with Crippen molar-refractivity contribution >= 4 is 18.0 Å². The largest absolute Gasteiger partial charge is 0.460 e. The Hall–Kier alpha value is -3.03. The Morgan fingerprint density at radius 2 is 1.45 bits per heavy atom. The molecule has 0 radical (unpaired) electrons. The van der Waals surface area contributed by atoms with Crippen LogP contribution in [-0.4, -0.2) is 42.2 Å². The van der Waals surface area contributed by atoms with E-state index in [9.17, 15) is 14.4 Å². The summed E-state index contributed by atoms with van der Waals surface area (Å²) in [4.78, 5) is 39.6. The smallest absolute Gasteiger partial charge is 0.417 e. The van der Waals surface area contributed by atoms with Crippen molar-refractivity contribution in [1.82, 2.24) is 10.2 Å². The molecule has 0 saturated heterocycles. The van der Waals surface area contributed by atoms with E-state index in [1.54, 1.807) is 53.9 Å². The molecule has 8 nitrogen and oxygen atoms in total. The molecule has 0 saturated carbocycles. The lowest BCUT2D eigenvalue weighted by atomic mass is 9.75. The fraction of sp³-hybridized carbons (Fsp3) is 0.522. The average Bonchev–Trinajstić information content (AvgIpc) is 2.65. The first-order valence-corrected chi connectivity index (χ1v) is 10.3. The topological polar surface area (TPSA) is 94.2 Å². The van der Waals surface area contributed by atoms with E-state index in [2.05, 4.69) is 5.32 Å². The molecule has 0 bridgehead atoms. The van der Waals surface area contributed by atoms with Crippen LogP contribution in [0.2, 0.25) is 0 Å². The highest BCUT2D eigenvalue weighted by Gasteiger charge is 2.41. The second kappa shape index (κ2) is 9.85. The van der Waals surface area contributed by atoms with Gasteiger partial charge in [-0.3, -0.25) is 4.90 Å². The van der Waals surface area contributed by atoms with Crippen molar-refractivity contribution < 1.29 is 28.6 Å². The summed E-state index contributed by atoms with van der Waals surface area (Å²) in [5, 5.41) is 3.12. The van der Waals surface area contributed by atoms with Crippen molar-refractivity contribution in [3.8, 4) is 0 Å². The SMILES string of the molecule is COC(=O)N1C=CC(C)C(C2C(C(=O)OC(C)C)=C(C)NC(C)=C2C(=O)OC(C)C)=C1. The van der Waals surface area contributed by atoms with Crippen LogP contribution in [0.3, 0.4) is 0 Å². The molecule has 2 rings (SSSR count). The van der Waals surface area contributed by atoms with Gasteiger partial charge in [0.05, 0.1) is 36.4 Å². The maximum atomic E-state index is 13.1. The standard InChI is InChI=1S/C23H32N2O6/c1-12(2)30-21(26)18-15(6)24-16(7)19(22(27)31-13(3)4)20(18)17-11-25(23(28)29-8)10-9-14(17)5/h9-14,20,24H,1-8H3. The van der Waals surface area contributed by atoms with Crippen LogP contribution in [0.15, 0.2) is 46.6 Å². The quantitative estimate of drug-likeness (QED) is 0.522. The molecular formula is C23H32N2O6. The number of amides is 1. The molecular weight excluding hydrogens is 400 g/mol. The molecule has 2 heterocycles. The molecule has 2 aliphatic rings. The van der Waals surface area contributed by atoms with Gasteiger partial charge in [0, 0.05) is 23.8 Å². The van der Waals surface area contributed by atoms with Gasteiger partial charge in [-0.25, -0.2) is 14.4 Å².